The van der Waals surface area contributed by atoms with Gasteiger partial charge in [-0.15, -0.1) is 0 Å². The minimum Gasteiger partial charge on any atom is -0.351 e. The van der Waals surface area contributed by atoms with Gasteiger partial charge in [-0.05, 0) is 6.92 Å². The number of carbonyl (C=O) groups is 2. The van der Waals surface area contributed by atoms with Crippen LogP contribution in [0.2, 0.25) is 0 Å². The molecule has 0 aromatic carbocycles. The molecule has 1 atom stereocenters. The molecule has 1 unspecified atom stereocenters. The predicted octanol–water partition coefficient (Wildman–Crippen LogP) is -1.36. The Balaban J connectivity index is 3.85. The van der Waals surface area contributed by atoms with Crippen molar-refractivity contribution in [2.45, 2.75) is 13.0 Å². The lowest BCUT2D eigenvalue weighted by atomic mass is 10.3. The van der Waals surface area contributed by atoms with Crippen molar-refractivity contribution in [2.24, 2.45) is 5.73 Å². The number of nitrogens with two attached hydrogens (primary N) is 1. The SMILES string of the molecule is CC(NN(C)C)C(=O)NC(N)=O. The summed E-state index contributed by atoms with van der Waals surface area (Å²) in [7, 11) is 3.49. The van der Waals surface area contributed by atoms with E-state index in [1.807, 2.05) is 5.32 Å². The molecule has 0 spiro atoms. The van der Waals surface area contributed by atoms with Crippen molar-refractivity contribution in [1.29, 1.82) is 0 Å². The number of amides is 3. The first-order chi connectivity index (χ1) is 5.43. The lowest BCUT2D eigenvalue weighted by Crippen LogP contribution is -2.50. The standard InChI is InChI=1S/C6H14N4O2/c1-4(9-10(2)3)5(11)8-6(7)12/h4,9H,1-3H3,(H3,7,8,11,12). The summed E-state index contributed by atoms with van der Waals surface area (Å²) in [5.74, 6) is -0.448. The van der Waals surface area contributed by atoms with Crippen LogP contribution in [0, 0.1) is 0 Å². The number of carbonyl (C=O) groups excluding carboxylic acids is 2. The van der Waals surface area contributed by atoms with Gasteiger partial charge in [0, 0.05) is 14.1 Å². The molecule has 0 aromatic heterocycles. The number of hydrogen-bond donors (Lipinski definition) is 3. The quantitative estimate of drug-likeness (QED) is 0.461. The van der Waals surface area contributed by atoms with E-state index < -0.39 is 18.0 Å². The highest BCUT2D eigenvalue weighted by Gasteiger charge is 2.13. The van der Waals surface area contributed by atoms with Gasteiger partial charge in [0.2, 0.25) is 5.91 Å². The number of imide groups is 1. The molecule has 4 N–H and O–H groups in total. The van der Waals surface area contributed by atoms with E-state index in [4.69, 9.17) is 5.73 Å². The second-order valence-corrected chi connectivity index (χ2v) is 2.60. The third-order valence-electron chi connectivity index (χ3n) is 1.09. The molecule has 12 heavy (non-hydrogen) atoms. The minimum atomic E-state index is -0.840. The van der Waals surface area contributed by atoms with Crippen LogP contribution in [0.5, 0.6) is 0 Å². The lowest BCUT2D eigenvalue weighted by Gasteiger charge is -2.17. The van der Waals surface area contributed by atoms with Crippen LogP contribution in [0.15, 0.2) is 0 Å². The largest absolute Gasteiger partial charge is 0.351 e. The molecule has 0 saturated heterocycles. The molecular formula is C6H14N4O2. The summed E-state index contributed by atoms with van der Waals surface area (Å²) >= 11 is 0. The monoisotopic (exact) mass is 174 g/mol. The smallest absolute Gasteiger partial charge is 0.318 e. The highest BCUT2D eigenvalue weighted by molar-refractivity contribution is 5.96. The van der Waals surface area contributed by atoms with Crippen LogP contribution in [0.1, 0.15) is 6.92 Å². The zero-order chi connectivity index (χ0) is 9.72. The Hall–Kier alpha value is -1.14. The molecule has 0 bridgehead atoms. The minimum absolute atomic E-state index is 0.448. The fourth-order valence-corrected chi connectivity index (χ4v) is 0.676. The molecule has 0 aromatic rings. The Kier molecular flexibility index (Phi) is 4.24. The first-order valence-electron chi connectivity index (χ1n) is 3.47. The molecule has 0 fully saturated rings. The average Bonchev–Trinajstić information content (AvgIpc) is 1.84. The molecule has 0 aliphatic carbocycles. The van der Waals surface area contributed by atoms with Crippen LogP contribution in [0.3, 0.4) is 0 Å². The zero-order valence-corrected chi connectivity index (χ0v) is 7.42. The van der Waals surface area contributed by atoms with Gasteiger partial charge in [0.25, 0.3) is 0 Å². The molecule has 6 nitrogen and oxygen atoms in total. The highest BCUT2D eigenvalue weighted by Crippen LogP contribution is 1.81. The summed E-state index contributed by atoms with van der Waals surface area (Å²) in [5.41, 5.74) is 7.51. The Morgan fingerprint density at radius 2 is 1.92 bits per heavy atom. The summed E-state index contributed by atoms with van der Waals surface area (Å²) in [6.07, 6.45) is 0. The van der Waals surface area contributed by atoms with E-state index >= 15 is 0 Å². The first kappa shape index (κ1) is 10.9. The summed E-state index contributed by atoms with van der Waals surface area (Å²) in [5, 5.41) is 3.57. The van der Waals surface area contributed by atoms with Crippen molar-refractivity contribution in [1.82, 2.24) is 15.8 Å². The molecule has 0 saturated carbocycles. The van der Waals surface area contributed by atoms with Gasteiger partial charge in [0.1, 0.15) is 0 Å². The van der Waals surface area contributed by atoms with Crippen LogP contribution in [-0.2, 0) is 4.79 Å². The zero-order valence-electron chi connectivity index (χ0n) is 7.42. The number of urea groups is 1. The lowest BCUT2D eigenvalue weighted by molar-refractivity contribution is -0.122. The maximum absolute atomic E-state index is 11.0. The van der Waals surface area contributed by atoms with Crippen LogP contribution in [-0.4, -0.2) is 37.1 Å². The summed E-state index contributed by atoms with van der Waals surface area (Å²) in [4.78, 5) is 21.2. The predicted molar refractivity (Wildman–Crippen MR) is 44.0 cm³/mol. The maximum atomic E-state index is 11.0. The fourth-order valence-electron chi connectivity index (χ4n) is 0.676. The van der Waals surface area contributed by atoms with E-state index in [0.29, 0.717) is 0 Å². The van der Waals surface area contributed by atoms with E-state index in [1.54, 1.807) is 26.0 Å². The van der Waals surface area contributed by atoms with E-state index in [0.717, 1.165) is 0 Å². The molecule has 0 radical (unpaired) electrons. The van der Waals surface area contributed by atoms with Gasteiger partial charge in [-0.1, -0.05) is 0 Å². The summed E-state index contributed by atoms with van der Waals surface area (Å²) in [6, 6.07) is -1.32. The Morgan fingerprint density at radius 1 is 1.42 bits per heavy atom. The number of nitrogens with one attached hydrogen (secondary N) is 2. The van der Waals surface area contributed by atoms with Crippen molar-refractivity contribution >= 4 is 11.9 Å². The van der Waals surface area contributed by atoms with E-state index in [1.165, 1.54) is 0 Å². The first-order valence-corrected chi connectivity index (χ1v) is 3.47. The number of primary amides is 1. The Morgan fingerprint density at radius 3 is 2.25 bits per heavy atom. The van der Waals surface area contributed by atoms with Gasteiger partial charge in [-0.3, -0.25) is 10.1 Å². The number of nitrogens with zero attached hydrogens (tertiary/aromatic N) is 1. The van der Waals surface area contributed by atoms with Crippen LogP contribution >= 0.6 is 0 Å². The van der Waals surface area contributed by atoms with Gasteiger partial charge < -0.3 is 5.73 Å². The van der Waals surface area contributed by atoms with Crippen molar-refractivity contribution in [3.63, 3.8) is 0 Å². The summed E-state index contributed by atoms with van der Waals surface area (Å²) in [6.45, 7) is 1.62. The van der Waals surface area contributed by atoms with Crippen LogP contribution in [0.4, 0.5) is 4.79 Å². The Labute approximate surface area is 71.1 Å². The molecule has 0 rings (SSSR count). The van der Waals surface area contributed by atoms with Gasteiger partial charge in [-0.2, -0.15) is 0 Å². The molecule has 3 amide bonds. The molecule has 0 aliphatic heterocycles. The van der Waals surface area contributed by atoms with Gasteiger partial charge >= 0.3 is 6.03 Å². The van der Waals surface area contributed by atoms with Crippen molar-refractivity contribution in [3.05, 3.63) is 0 Å². The summed E-state index contributed by atoms with van der Waals surface area (Å²) < 4.78 is 0. The van der Waals surface area contributed by atoms with E-state index in [-0.39, 0.29) is 0 Å². The number of hydrazine groups is 1. The van der Waals surface area contributed by atoms with Crippen molar-refractivity contribution in [2.75, 3.05) is 14.1 Å². The number of rotatable bonds is 3. The third kappa shape index (κ3) is 4.64. The molecular weight excluding hydrogens is 160 g/mol. The Bertz CT molecular complexity index is 180. The fraction of sp³-hybridized carbons (Fsp3) is 0.667. The van der Waals surface area contributed by atoms with E-state index in [9.17, 15) is 9.59 Å². The highest BCUT2D eigenvalue weighted by atomic mass is 16.2. The second kappa shape index (κ2) is 4.68. The third-order valence-corrected chi connectivity index (χ3v) is 1.09. The maximum Gasteiger partial charge on any atom is 0.318 e. The van der Waals surface area contributed by atoms with Crippen molar-refractivity contribution < 1.29 is 9.59 Å². The van der Waals surface area contributed by atoms with Gasteiger partial charge in [-0.25, -0.2) is 15.2 Å². The van der Waals surface area contributed by atoms with Crippen LogP contribution in [0.25, 0.3) is 0 Å². The molecule has 0 heterocycles. The molecule has 6 heteroatoms. The van der Waals surface area contributed by atoms with E-state index in [2.05, 4.69) is 5.43 Å². The van der Waals surface area contributed by atoms with Crippen molar-refractivity contribution in [3.8, 4) is 0 Å². The van der Waals surface area contributed by atoms with Gasteiger partial charge in [0.15, 0.2) is 0 Å². The molecule has 70 valence electrons. The second-order valence-electron chi connectivity index (χ2n) is 2.60. The van der Waals surface area contributed by atoms with Gasteiger partial charge in [0.05, 0.1) is 6.04 Å². The normalized spacial score (nSPS) is 12.7. The van der Waals surface area contributed by atoms with Crippen LogP contribution < -0.4 is 16.5 Å². The molecule has 0 aliphatic rings. The number of hydrogen-bond acceptors (Lipinski definition) is 4. The topological polar surface area (TPSA) is 87.5 Å². The average molecular weight is 174 g/mol.